The van der Waals surface area contributed by atoms with Crippen molar-refractivity contribution in [3.05, 3.63) is 45.2 Å². The van der Waals surface area contributed by atoms with Gasteiger partial charge in [0, 0.05) is 17.6 Å². The largest absolute Gasteiger partial charge is 0.478 e. The van der Waals surface area contributed by atoms with E-state index in [9.17, 15) is 4.79 Å². The molecule has 0 aliphatic heterocycles. The Morgan fingerprint density at radius 1 is 1.56 bits per heavy atom. The predicted octanol–water partition coefficient (Wildman–Crippen LogP) is 3.15. The zero-order chi connectivity index (χ0) is 13.0. The molecule has 2 aromatic rings. The highest BCUT2D eigenvalue weighted by molar-refractivity contribution is 7.09. The summed E-state index contributed by atoms with van der Waals surface area (Å²) in [4.78, 5) is 16.0. The van der Waals surface area contributed by atoms with Gasteiger partial charge in [0.25, 0.3) is 0 Å². The Hall–Kier alpha value is -1.59. The van der Waals surface area contributed by atoms with Crippen LogP contribution in [0.5, 0.6) is 0 Å². The third kappa shape index (κ3) is 3.21. The van der Waals surface area contributed by atoms with E-state index in [4.69, 9.17) is 16.7 Å². The molecule has 18 heavy (non-hydrogen) atoms. The number of hydrogen-bond donors (Lipinski definition) is 2. The van der Waals surface area contributed by atoms with Crippen LogP contribution in [0, 0.1) is 0 Å². The second kappa shape index (κ2) is 5.84. The summed E-state index contributed by atoms with van der Waals surface area (Å²) in [5.41, 5.74) is 0.0869. The molecular formula is C12H11ClN2O2S. The topological polar surface area (TPSA) is 62.2 Å². The molecule has 2 rings (SSSR count). The van der Waals surface area contributed by atoms with Crippen LogP contribution in [0.1, 0.15) is 15.2 Å². The number of aromatic carboxylic acids is 1. The molecular weight excluding hydrogens is 272 g/mol. The number of pyridine rings is 1. The van der Waals surface area contributed by atoms with Gasteiger partial charge >= 0.3 is 5.97 Å². The maximum absolute atomic E-state index is 10.7. The summed E-state index contributed by atoms with van der Waals surface area (Å²) < 4.78 is 0. The zero-order valence-electron chi connectivity index (χ0n) is 9.39. The Balaban J connectivity index is 1.95. The van der Waals surface area contributed by atoms with Gasteiger partial charge in [-0.3, -0.25) is 0 Å². The first-order valence-corrected chi connectivity index (χ1v) is 6.57. The molecule has 0 aliphatic rings. The van der Waals surface area contributed by atoms with Crippen LogP contribution in [-0.4, -0.2) is 22.6 Å². The molecule has 2 aromatic heterocycles. The fraction of sp³-hybridized carbons (Fsp3) is 0.167. The van der Waals surface area contributed by atoms with E-state index in [0.29, 0.717) is 17.4 Å². The van der Waals surface area contributed by atoms with E-state index in [1.807, 2.05) is 11.4 Å². The maximum Gasteiger partial charge on any atom is 0.337 e. The van der Waals surface area contributed by atoms with E-state index >= 15 is 0 Å². The first kappa shape index (κ1) is 12.9. The summed E-state index contributed by atoms with van der Waals surface area (Å²) in [7, 11) is 0. The number of thiophene rings is 1. The van der Waals surface area contributed by atoms with Gasteiger partial charge < -0.3 is 10.4 Å². The number of anilines is 1. The second-order valence-electron chi connectivity index (χ2n) is 3.62. The standard InChI is InChI=1S/C12H11ClN2O2S/c13-10-6-8(12(16)17)7-15-11(10)14-4-3-9-2-1-5-18-9/h1-2,5-7H,3-4H2,(H,14,15)(H,16,17). The third-order valence-corrected chi connectivity index (χ3v) is 3.56. The van der Waals surface area contributed by atoms with Gasteiger partial charge in [0.05, 0.1) is 10.6 Å². The summed E-state index contributed by atoms with van der Waals surface area (Å²) in [6.07, 6.45) is 2.18. The lowest BCUT2D eigenvalue weighted by molar-refractivity contribution is 0.0696. The number of nitrogens with one attached hydrogen (secondary N) is 1. The van der Waals surface area contributed by atoms with Crippen LogP contribution in [0.4, 0.5) is 5.82 Å². The van der Waals surface area contributed by atoms with Crippen LogP contribution in [0.3, 0.4) is 0 Å². The molecule has 0 saturated heterocycles. The van der Waals surface area contributed by atoms with Crippen molar-refractivity contribution in [2.75, 3.05) is 11.9 Å². The third-order valence-electron chi connectivity index (χ3n) is 2.33. The number of rotatable bonds is 5. The number of nitrogens with zero attached hydrogens (tertiary/aromatic N) is 1. The average Bonchev–Trinajstić information content (AvgIpc) is 2.84. The van der Waals surface area contributed by atoms with Gasteiger partial charge in [0.1, 0.15) is 5.82 Å². The highest BCUT2D eigenvalue weighted by atomic mass is 35.5. The summed E-state index contributed by atoms with van der Waals surface area (Å²) in [6, 6.07) is 5.46. The van der Waals surface area contributed by atoms with Crippen molar-refractivity contribution in [1.82, 2.24) is 4.98 Å². The fourth-order valence-electron chi connectivity index (χ4n) is 1.44. The number of carboxylic acid groups (broad SMARTS) is 1. The Labute approximate surface area is 113 Å². The summed E-state index contributed by atoms with van der Waals surface area (Å²) in [6.45, 7) is 0.708. The lowest BCUT2D eigenvalue weighted by atomic mass is 10.3. The van der Waals surface area contributed by atoms with Gasteiger partial charge in [-0.15, -0.1) is 11.3 Å². The minimum Gasteiger partial charge on any atom is -0.478 e. The first-order chi connectivity index (χ1) is 8.66. The number of carboxylic acids is 1. The zero-order valence-corrected chi connectivity index (χ0v) is 11.0. The van der Waals surface area contributed by atoms with Crippen molar-refractivity contribution in [1.29, 1.82) is 0 Å². The number of halogens is 1. The lowest BCUT2D eigenvalue weighted by Gasteiger charge is -2.07. The van der Waals surface area contributed by atoms with Crippen LogP contribution in [-0.2, 0) is 6.42 Å². The Morgan fingerprint density at radius 3 is 3.00 bits per heavy atom. The van der Waals surface area contributed by atoms with Gasteiger partial charge in [0.2, 0.25) is 0 Å². The summed E-state index contributed by atoms with van der Waals surface area (Å²) in [5.74, 6) is -0.521. The molecule has 4 nitrogen and oxygen atoms in total. The van der Waals surface area contributed by atoms with E-state index in [1.165, 1.54) is 17.1 Å². The van der Waals surface area contributed by atoms with E-state index < -0.39 is 5.97 Å². The molecule has 0 amide bonds. The van der Waals surface area contributed by atoms with Crippen molar-refractivity contribution in [3.63, 3.8) is 0 Å². The molecule has 0 bridgehead atoms. The predicted molar refractivity (Wildman–Crippen MR) is 72.7 cm³/mol. The molecule has 0 fully saturated rings. The van der Waals surface area contributed by atoms with Crippen LogP contribution >= 0.6 is 22.9 Å². The molecule has 6 heteroatoms. The Morgan fingerprint density at radius 2 is 2.39 bits per heavy atom. The number of carbonyl (C=O) groups is 1. The van der Waals surface area contributed by atoms with Gasteiger partial charge in [0.15, 0.2) is 0 Å². The molecule has 94 valence electrons. The maximum atomic E-state index is 10.7. The van der Waals surface area contributed by atoms with Gasteiger partial charge in [-0.2, -0.15) is 0 Å². The quantitative estimate of drug-likeness (QED) is 0.884. The smallest absolute Gasteiger partial charge is 0.337 e. The second-order valence-corrected chi connectivity index (χ2v) is 5.06. The highest BCUT2D eigenvalue weighted by Crippen LogP contribution is 2.20. The SMILES string of the molecule is O=C(O)c1cnc(NCCc2cccs2)c(Cl)c1. The van der Waals surface area contributed by atoms with Crippen molar-refractivity contribution in [2.24, 2.45) is 0 Å². The molecule has 0 spiro atoms. The summed E-state index contributed by atoms with van der Waals surface area (Å²) >= 11 is 7.65. The summed E-state index contributed by atoms with van der Waals surface area (Å²) in [5, 5.41) is 14.2. The van der Waals surface area contributed by atoms with Crippen molar-refractivity contribution in [3.8, 4) is 0 Å². The number of hydrogen-bond acceptors (Lipinski definition) is 4. The molecule has 0 radical (unpaired) electrons. The van der Waals surface area contributed by atoms with E-state index in [-0.39, 0.29) is 5.56 Å². The fourth-order valence-corrected chi connectivity index (χ4v) is 2.39. The normalized spacial score (nSPS) is 10.3. The van der Waals surface area contributed by atoms with Crippen molar-refractivity contribution in [2.45, 2.75) is 6.42 Å². The molecule has 0 unspecified atom stereocenters. The van der Waals surface area contributed by atoms with E-state index in [1.54, 1.807) is 11.3 Å². The molecule has 2 N–H and O–H groups in total. The molecule has 0 aliphatic carbocycles. The molecule has 0 aromatic carbocycles. The first-order valence-electron chi connectivity index (χ1n) is 5.32. The molecule has 2 heterocycles. The minimum atomic E-state index is -1.03. The van der Waals surface area contributed by atoms with Crippen LogP contribution < -0.4 is 5.32 Å². The van der Waals surface area contributed by atoms with Crippen molar-refractivity contribution >= 4 is 34.7 Å². The van der Waals surface area contributed by atoms with Gasteiger partial charge in [-0.05, 0) is 23.9 Å². The number of aromatic nitrogens is 1. The molecule has 0 saturated carbocycles. The Kier molecular flexibility index (Phi) is 4.17. The lowest BCUT2D eigenvalue weighted by Crippen LogP contribution is -2.07. The van der Waals surface area contributed by atoms with E-state index in [0.717, 1.165) is 6.42 Å². The average molecular weight is 283 g/mol. The van der Waals surface area contributed by atoms with Crippen LogP contribution in [0.15, 0.2) is 29.8 Å². The van der Waals surface area contributed by atoms with Crippen LogP contribution in [0.25, 0.3) is 0 Å². The van der Waals surface area contributed by atoms with E-state index in [2.05, 4.69) is 16.4 Å². The van der Waals surface area contributed by atoms with Gasteiger partial charge in [-0.25, -0.2) is 9.78 Å². The minimum absolute atomic E-state index is 0.0869. The molecule has 0 atom stereocenters. The van der Waals surface area contributed by atoms with Crippen molar-refractivity contribution < 1.29 is 9.90 Å². The monoisotopic (exact) mass is 282 g/mol. The Bertz CT molecular complexity index is 543. The van der Waals surface area contributed by atoms with Crippen LogP contribution in [0.2, 0.25) is 5.02 Å². The van der Waals surface area contributed by atoms with Gasteiger partial charge in [-0.1, -0.05) is 17.7 Å². The highest BCUT2D eigenvalue weighted by Gasteiger charge is 2.08.